The number of likely N-dealkylation sites (tertiary alicyclic amines) is 1. The van der Waals surface area contributed by atoms with Gasteiger partial charge in [0.1, 0.15) is 10.6 Å². The third kappa shape index (κ3) is 4.95. The van der Waals surface area contributed by atoms with E-state index in [1.54, 1.807) is 31.7 Å². The molecule has 1 aromatic rings. The lowest BCUT2D eigenvalue weighted by atomic mass is 9.98. The fraction of sp³-hybridized carbons (Fsp3) is 0.611. The van der Waals surface area contributed by atoms with Crippen molar-refractivity contribution in [3.8, 4) is 5.75 Å². The molecule has 2 rings (SSSR count). The van der Waals surface area contributed by atoms with Gasteiger partial charge in [0.2, 0.25) is 10.0 Å². The molecule has 7 heteroatoms. The highest BCUT2D eigenvalue weighted by Crippen LogP contribution is 2.27. The van der Waals surface area contributed by atoms with E-state index < -0.39 is 15.6 Å². The van der Waals surface area contributed by atoms with Crippen LogP contribution in [0.15, 0.2) is 23.1 Å². The Bertz CT molecular complexity index is 730. The minimum Gasteiger partial charge on any atom is -0.495 e. The van der Waals surface area contributed by atoms with Gasteiger partial charge < -0.3 is 9.64 Å². The van der Waals surface area contributed by atoms with E-state index in [0.29, 0.717) is 24.6 Å². The van der Waals surface area contributed by atoms with E-state index in [0.717, 1.165) is 12.8 Å². The fourth-order valence-electron chi connectivity index (χ4n) is 2.87. The van der Waals surface area contributed by atoms with Crippen molar-refractivity contribution in [1.29, 1.82) is 0 Å². The van der Waals surface area contributed by atoms with Crippen LogP contribution in [0.3, 0.4) is 0 Å². The number of ether oxygens (including phenoxy) is 1. The Morgan fingerprint density at radius 3 is 2.36 bits per heavy atom. The van der Waals surface area contributed by atoms with Gasteiger partial charge in [-0.1, -0.05) is 6.92 Å². The lowest BCUT2D eigenvalue weighted by Crippen LogP contribution is -2.41. The highest BCUT2D eigenvalue weighted by Gasteiger charge is 2.28. The molecule has 1 amide bonds. The molecule has 25 heavy (non-hydrogen) atoms. The normalized spacial score (nSPS) is 16.8. The largest absolute Gasteiger partial charge is 0.495 e. The topological polar surface area (TPSA) is 75.7 Å². The summed E-state index contributed by atoms with van der Waals surface area (Å²) in [5.74, 6) is 0.703. The Morgan fingerprint density at radius 2 is 1.84 bits per heavy atom. The van der Waals surface area contributed by atoms with E-state index in [1.165, 1.54) is 19.2 Å². The average molecular weight is 368 g/mol. The number of nitrogens with one attached hydrogen (secondary N) is 1. The molecule has 1 aromatic carbocycles. The second kappa shape index (κ2) is 7.33. The summed E-state index contributed by atoms with van der Waals surface area (Å²) in [6.45, 7) is 8.88. The van der Waals surface area contributed by atoms with Crippen molar-refractivity contribution in [3.05, 3.63) is 23.8 Å². The standard InChI is InChI=1S/C18H28N2O4S/c1-13-8-10-20(11-9-13)17(21)14-6-7-15(24-5)16(12-14)25(22,23)19-18(2,3)4/h6-7,12-13,19H,8-11H2,1-5H3. The highest BCUT2D eigenvalue weighted by molar-refractivity contribution is 7.89. The van der Waals surface area contributed by atoms with Gasteiger partial charge in [-0.25, -0.2) is 13.1 Å². The van der Waals surface area contributed by atoms with Crippen LogP contribution in [0.4, 0.5) is 0 Å². The molecule has 6 nitrogen and oxygen atoms in total. The van der Waals surface area contributed by atoms with Gasteiger partial charge in [-0.05, 0) is 57.7 Å². The van der Waals surface area contributed by atoms with Gasteiger partial charge in [0.15, 0.2) is 0 Å². The number of rotatable bonds is 4. The summed E-state index contributed by atoms with van der Waals surface area (Å²) in [4.78, 5) is 14.5. The molecule has 1 aliphatic heterocycles. The van der Waals surface area contributed by atoms with Crippen LogP contribution < -0.4 is 9.46 Å². The number of piperidine rings is 1. The monoisotopic (exact) mass is 368 g/mol. The first-order chi connectivity index (χ1) is 11.5. The van der Waals surface area contributed by atoms with Crippen LogP contribution >= 0.6 is 0 Å². The summed E-state index contributed by atoms with van der Waals surface area (Å²) in [6, 6.07) is 4.57. The lowest BCUT2D eigenvalue weighted by molar-refractivity contribution is 0.0697. The van der Waals surface area contributed by atoms with Crippen LogP contribution in [0.5, 0.6) is 5.75 Å². The molecule has 0 bridgehead atoms. The zero-order valence-electron chi connectivity index (χ0n) is 15.6. The summed E-state index contributed by atoms with van der Waals surface area (Å²) in [7, 11) is -2.39. The van der Waals surface area contributed by atoms with Crippen molar-refractivity contribution in [1.82, 2.24) is 9.62 Å². The number of benzene rings is 1. The van der Waals surface area contributed by atoms with Gasteiger partial charge in [-0.15, -0.1) is 0 Å². The van der Waals surface area contributed by atoms with E-state index >= 15 is 0 Å². The summed E-state index contributed by atoms with van der Waals surface area (Å²) in [5.41, 5.74) is -0.267. The zero-order valence-corrected chi connectivity index (χ0v) is 16.4. The van der Waals surface area contributed by atoms with Gasteiger partial charge in [0.25, 0.3) is 5.91 Å². The second-order valence-corrected chi connectivity index (χ2v) is 9.35. The number of hydrogen-bond acceptors (Lipinski definition) is 4. The van der Waals surface area contributed by atoms with Crippen LogP contribution in [0, 0.1) is 5.92 Å². The minimum atomic E-state index is -3.80. The van der Waals surface area contributed by atoms with Crippen molar-refractivity contribution < 1.29 is 17.9 Å². The molecule has 0 aliphatic carbocycles. The molecule has 0 aromatic heterocycles. The molecule has 1 aliphatic rings. The third-order valence-electron chi connectivity index (χ3n) is 4.21. The van der Waals surface area contributed by atoms with Crippen LogP contribution in [-0.4, -0.2) is 45.0 Å². The molecule has 0 unspecified atom stereocenters. The SMILES string of the molecule is COc1ccc(C(=O)N2CCC(C)CC2)cc1S(=O)(=O)NC(C)(C)C. The smallest absolute Gasteiger partial charge is 0.253 e. The Balaban J connectivity index is 2.35. The van der Waals surface area contributed by atoms with E-state index in [9.17, 15) is 13.2 Å². The molecular weight excluding hydrogens is 340 g/mol. The van der Waals surface area contributed by atoms with Crippen molar-refractivity contribution in [3.63, 3.8) is 0 Å². The molecule has 1 saturated heterocycles. The molecule has 1 heterocycles. The van der Waals surface area contributed by atoms with E-state index in [1.807, 2.05) is 0 Å². The molecule has 0 saturated carbocycles. The first-order valence-electron chi connectivity index (χ1n) is 8.55. The second-order valence-electron chi connectivity index (χ2n) is 7.70. The molecule has 1 fully saturated rings. The predicted molar refractivity (Wildman–Crippen MR) is 97.4 cm³/mol. The Hall–Kier alpha value is -1.60. The summed E-state index contributed by atoms with van der Waals surface area (Å²) in [5, 5.41) is 0. The molecule has 0 radical (unpaired) electrons. The predicted octanol–water partition coefficient (Wildman–Crippen LogP) is 2.64. The average Bonchev–Trinajstić information content (AvgIpc) is 2.52. The summed E-state index contributed by atoms with van der Waals surface area (Å²) < 4.78 is 33.2. The van der Waals surface area contributed by atoms with Crippen molar-refractivity contribution >= 4 is 15.9 Å². The third-order valence-corrected chi connectivity index (χ3v) is 5.99. The van der Waals surface area contributed by atoms with Crippen LogP contribution in [0.2, 0.25) is 0 Å². The molecule has 1 N–H and O–H groups in total. The maximum atomic E-state index is 12.7. The van der Waals surface area contributed by atoms with Gasteiger partial charge in [0, 0.05) is 24.2 Å². The number of sulfonamides is 1. The van der Waals surface area contributed by atoms with E-state index in [4.69, 9.17) is 4.74 Å². The number of amides is 1. The van der Waals surface area contributed by atoms with Crippen molar-refractivity contribution in [2.75, 3.05) is 20.2 Å². The quantitative estimate of drug-likeness (QED) is 0.886. The van der Waals surface area contributed by atoms with E-state index in [2.05, 4.69) is 11.6 Å². The van der Waals surface area contributed by atoms with Crippen molar-refractivity contribution in [2.24, 2.45) is 5.92 Å². The fourth-order valence-corrected chi connectivity index (χ4v) is 4.49. The number of hydrogen-bond donors (Lipinski definition) is 1. The summed E-state index contributed by atoms with van der Waals surface area (Å²) in [6.07, 6.45) is 1.94. The number of methoxy groups -OCH3 is 1. The molecule has 0 atom stereocenters. The van der Waals surface area contributed by atoms with Crippen molar-refractivity contribution in [2.45, 2.75) is 51.0 Å². The molecule has 0 spiro atoms. The van der Waals surface area contributed by atoms with Gasteiger partial charge in [-0.2, -0.15) is 0 Å². The Morgan fingerprint density at radius 1 is 1.24 bits per heavy atom. The van der Waals surface area contributed by atoms with Crippen LogP contribution in [0.25, 0.3) is 0 Å². The number of carbonyl (C=O) groups excluding carboxylic acids is 1. The zero-order chi connectivity index (χ0) is 18.8. The first kappa shape index (κ1) is 19.7. The molecule has 140 valence electrons. The van der Waals surface area contributed by atoms with Crippen LogP contribution in [0.1, 0.15) is 50.9 Å². The molecular formula is C18H28N2O4S. The van der Waals surface area contributed by atoms with Crippen LogP contribution in [-0.2, 0) is 10.0 Å². The van der Waals surface area contributed by atoms with Gasteiger partial charge in [0.05, 0.1) is 7.11 Å². The maximum Gasteiger partial charge on any atom is 0.253 e. The van der Waals surface area contributed by atoms with Gasteiger partial charge in [-0.3, -0.25) is 4.79 Å². The van der Waals surface area contributed by atoms with E-state index in [-0.39, 0.29) is 16.6 Å². The number of carbonyl (C=O) groups is 1. The highest BCUT2D eigenvalue weighted by atomic mass is 32.2. The number of nitrogens with zero attached hydrogens (tertiary/aromatic N) is 1. The Labute approximate surface area is 150 Å². The maximum absolute atomic E-state index is 12.7. The Kier molecular flexibility index (Phi) is 5.79. The summed E-state index contributed by atoms with van der Waals surface area (Å²) >= 11 is 0. The lowest BCUT2D eigenvalue weighted by Gasteiger charge is -2.30. The van der Waals surface area contributed by atoms with Gasteiger partial charge >= 0.3 is 0 Å². The minimum absolute atomic E-state index is 0.0128. The first-order valence-corrected chi connectivity index (χ1v) is 10.0.